The number of aromatic carboxylic acids is 1. The van der Waals surface area contributed by atoms with Crippen LogP contribution >= 0.6 is 11.3 Å². The Labute approximate surface area is 125 Å². The minimum Gasteiger partial charge on any atom is -0.478 e. The van der Waals surface area contributed by atoms with Crippen LogP contribution in [-0.2, 0) is 0 Å². The second kappa shape index (κ2) is 5.96. The lowest BCUT2D eigenvalue weighted by Gasteiger charge is -2.12. The van der Waals surface area contributed by atoms with Crippen LogP contribution in [0.25, 0.3) is 0 Å². The van der Waals surface area contributed by atoms with Crippen LogP contribution in [0.2, 0.25) is 0 Å². The lowest BCUT2D eigenvalue weighted by atomic mass is 10.1. The van der Waals surface area contributed by atoms with Crippen LogP contribution in [0, 0.1) is 13.8 Å². The summed E-state index contributed by atoms with van der Waals surface area (Å²) < 4.78 is 0. The molecule has 2 rings (SSSR count). The molecule has 1 atom stereocenters. The van der Waals surface area contributed by atoms with Gasteiger partial charge < -0.3 is 10.4 Å². The summed E-state index contributed by atoms with van der Waals surface area (Å²) in [5.74, 6) is -1.05. The van der Waals surface area contributed by atoms with Gasteiger partial charge in [0, 0.05) is 16.6 Å². The second-order valence-corrected chi connectivity index (χ2v) is 5.87. The summed E-state index contributed by atoms with van der Waals surface area (Å²) in [4.78, 5) is 24.1. The molecule has 1 unspecified atom stereocenters. The van der Waals surface area contributed by atoms with Gasteiger partial charge in [-0.3, -0.25) is 10.4 Å². The molecular formula is C13H16N4O3S. The van der Waals surface area contributed by atoms with E-state index in [1.807, 2.05) is 13.8 Å². The Morgan fingerprint density at radius 3 is 2.71 bits per heavy atom. The van der Waals surface area contributed by atoms with Gasteiger partial charge in [-0.1, -0.05) is 0 Å². The molecule has 112 valence electrons. The molecule has 2 amide bonds. The van der Waals surface area contributed by atoms with Crippen LogP contribution in [0.4, 0.5) is 9.80 Å². The lowest BCUT2D eigenvalue weighted by molar-refractivity contribution is 0.0697. The SMILES string of the molecule is Cc1sc(NC(=O)NC(C)c2cn[nH]c2)c(C(=O)O)c1C. The summed E-state index contributed by atoms with van der Waals surface area (Å²) >= 11 is 1.25. The molecule has 0 saturated heterocycles. The predicted molar refractivity (Wildman–Crippen MR) is 79.9 cm³/mol. The predicted octanol–water partition coefficient (Wildman–Crippen LogP) is 2.67. The van der Waals surface area contributed by atoms with E-state index in [1.165, 1.54) is 11.3 Å². The minimum atomic E-state index is -1.05. The van der Waals surface area contributed by atoms with Gasteiger partial charge in [0.15, 0.2) is 0 Å². The van der Waals surface area contributed by atoms with Gasteiger partial charge in [-0.25, -0.2) is 9.59 Å². The molecule has 21 heavy (non-hydrogen) atoms. The van der Waals surface area contributed by atoms with Crippen molar-refractivity contribution in [3.63, 3.8) is 0 Å². The maximum Gasteiger partial charge on any atom is 0.338 e. The number of H-pyrrole nitrogens is 1. The minimum absolute atomic E-state index is 0.142. The van der Waals surface area contributed by atoms with E-state index in [4.69, 9.17) is 0 Å². The molecule has 0 spiro atoms. The number of aromatic nitrogens is 2. The van der Waals surface area contributed by atoms with Gasteiger partial charge in [-0.15, -0.1) is 11.3 Å². The molecule has 0 saturated carbocycles. The lowest BCUT2D eigenvalue weighted by Crippen LogP contribution is -2.31. The highest BCUT2D eigenvalue weighted by Gasteiger charge is 2.21. The van der Waals surface area contributed by atoms with Gasteiger partial charge in [0.25, 0.3) is 0 Å². The fourth-order valence-electron chi connectivity index (χ4n) is 1.89. The number of hydrogen-bond acceptors (Lipinski definition) is 4. The molecule has 4 N–H and O–H groups in total. The molecule has 7 nitrogen and oxygen atoms in total. The van der Waals surface area contributed by atoms with Crippen LogP contribution in [0.3, 0.4) is 0 Å². The molecule has 0 fully saturated rings. The van der Waals surface area contributed by atoms with Gasteiger partial charge in [0.1, 0.15) is 5.00 Å². The van der Waals surface area contributed by atoms with E-state index in [-0.39, 0.29) is 11.6 Å². The number of nitrogens with zero attached hydrogens (tertiary/aromatic N) is 1. The summed E-state index contributed by atoms with van der Waals surface area (Å²) in [6.07, 6.45) is 3.31. The Bertz CT molecular complexity index is 663. The quantitative estimate of drug-likeness (QED) is 0.696. The van der Waals surface area contributed by atoms with E-state index in [1.54, 1.807) is 19.3 Å². The van der Waals surface area contributed by atoms with Gasteiger partial charge in [-0.05, 0) is 26.3 Å². The molecule has 2 aromatic heterocycles. The largest absolute Gasteiger partial charge is 0.478 e. The average molecular weight is 308 g/mol. The molecule has 2 heterocycles. The number of carbonyl (C=O) groups is 2. The number of thiophene rings is 1. The number of rotatable bonds is 4. The summed E-state index contributed by atoms with van der Waals surface area (Å²) in [6.45, 7) is 5.36. The van der Waals surface area contributed by atoms with Crippen molar-refractivity contribution in [1.29, 1.82) is 0 Å². The van der Waals surface area contributed by atoms with Gasteiger partial charge in [-0.2, -0.15) is 5.10 Å². The first-order valence-corrected chi connectivity index (χ1v) is 7.11. The number of carboxylic acids is 1. The number of urea groups is 1. The Morgan fingerprint density at radius 1 is 1.43 bits per heavy atom. The van der Waals surface area contributed by atoms with E-state index >= 15 is 0 Å². The normalized spacial score (nSPS) is 12.0. The number of anilines is 1. The van der Waals surface area contributed by atoms with Crippen molar-refractivity contribution in [2.24, 2.45) is 0 Å². The number of nitrogens with one attached hydrogen (secondary N) is 3. The van der Waals surface area contributed by atoms with Crippen LogP contribution in [-0.4, -0.2) is 27.3 Å². The van der Waals surface area contributed by atoms with Crippen molar-refractivity contribution in [3.8, 4) is 0 Å². The third-order valence-electron chi connectivity index (χ3n) is 3.19. The van der Waals surface area contributed by atoms with Gasteiger partial charge >= 0.3 is 12.0 Å². The van der Waals surface area contributed by atoms with E-state index in [2.05, 4.69) is 20.8 Å². The van der Waals surface area contributed by atoms with Crippen molar-refractivity contribution < 1.29 is 14.7 Å². The summed E-state index contributed by atoms with van der Waals surface area (Å²) in [5.41, 5.74) is 1.65. The maximum absolute atomic E-state index is 12.0. The first-order chi connectivity index (χ1) is 9.90. The third-order valence-corrected chi connectivity index (χ3v) is 4.32. The van der Waals surface area contributed by atoms with Crippen molar-refractivity contribution in [1.82, 2.24) is 15.5 Å². The number of hydrogen-bond donors (Lipinski definition) is 4. The number of aryl methyl sites for hydroxylation is 1. The first-order valence-electron chi connectivity index (χ1n) is 6.29. The van der Waals surface area contributed by atoms with E-state index in [0.29, 0.717) is 10.6 Å². The standard InChI is InChI=1S/C13H16N4O3S/c1-6-8(3)21-11(10(6)12(18)19)17-13(20)16-7(2)9-4-14-15-5-9/h4-5,7H,1-3H3,(H,14,15)(H,18,19)(H2,16,17,20). The molecule has 8 heteroatoms. The van der Waals surface area contributed by atoms with Crippen LogP contribution in [0.1, 0.15) is 39.3 Å². The smallest absolute Gasteiger partial charge is 0.338 e. The molecule has 0 bridgehead atoms. The monoisotopic (exact) mass is 308 g/mol. The van der Waals surface area contributed by atoms with Gasteiger partial charge in [0.2, 0.25) is 0 Å². The molecule has 0 aliphatic carbocycles. The Hall–Kier alpha value is -2.35. The van der Waals surface area contributed by atoms with Crippen molar-refractivity contribution >= 4 is 28.3 Å². The maximum atomic E-state index is 12.0. The van der Waals surface area contributed by atoms with Crippen LogP contribution in [0.5, 0.6) is 0 Å². The van der Waals surface area contributed by atoms with Crippen molar-refractivity contribution in [3.05, 3.63) is 34.0 Å². The summed E-state index contributed by atoms with van der Waals surface area (Å²) in [6, 6.07) is -0.688. The van der Waals surface area contributed by atoms with E-state index in [0.717, 1.165) is 10.4 Å². The fourth-order valence-corrected chi connectivity index (χ4v) is 2.94. The molecular weight excluding hydrogens is 292 g/mol. The fraction of sp³-hybridized carbons (Fsp3) is 0.308. The van der Waals surface area contributed by atoms with Crippen molar-refractivity contribution in [2.45, 2.75) is 26.8 Å². The van der Waals surface area contributed by atoms with E-state index in [9.17, 15) is 14.7 Å². The van der Waals surface area contributed by atoms with Crippen LogP contribution in [0.15, 0.2) is 12.4 Å². The number of carbonyl (C=O) groups excluding carboxylic acids is 1. The van der Waals surface area contributed by atoms with E-state index < -0.39 is 12.0 Å². The highest BCUT2D eigenvalue weighted by Crippen LogP contribution is 2.32. The van der Waals surface area contributed by atoms with Crippen LogP contribution < -0.4 is 10.6 Å². The highest BCUT2D eigenvalue weighted by atomic mass is 32.1. The Morgan fingerprint density at radius 2 is 2.14 bits per heavy atom. The van der Waals surface area contributed by atoms with Crippen molar-refractivity contribution in [2.75, 3.05) is 5.32 Å². The molecule has 0 radical (unpaired) electrons. The summed E-state index contributed by atoms with van der Waals surface area (Å²) in [7, 11) is 0. The average Bonchev–Trinajstić information content (AvgIpc) is 2.99. The zero-order chi connectivity index (χ0) is 15.6. The number of amides is 2. The number of carboxylic acid groups (broad SMARTS) is 1. The third kappa shape index (κ3) is 3.22. The Kier molecular flexibility index (Phi) is 4.27. The molecule has 2 aromatic rings. The number of aromatic amines is 1. The topological polar surface area (TPSA) is 107 Å². The molecule has 0 aliphatic heterocycles. The van der Waals surface area contributed by atoms with Gasteiger partial charge in [0.05, 0.1) is 17.8 Å². The zero-order valence-electron chi connectivity index (χ0n) is 11.9. The zero-order valence-corrected chi connectivity index (χ0v) is 12.7. The molecule has 0 aromatic carbocycles. The Balaban J connectivity index is 2.10. The summed E-state index contributed by atoms with van der Waals surface area (Å²) in [5, 5.41) is 21.4. The molecule has 0 aliphatic rings. The second-order valence-electron chi connectivity index (χ2n) is 4.64. The highest BCUT2D eigenvalue weighted by molar-refractivity contribution is 7.16. The first kappa shape index (κ1) is 15.0.